The Morgan fingerprint density at radius 3 is 2.57 bits per heavy atom. The first-order chi connectivity index (χ1) is 9.65. The molecule has 0 aliphatic carbocycles. The van der Waals surface area contributed by atoms with Crippen LogP contribution in [0, 0.1) is 17.0 Å². The van der Waals surface area contributed by atoms with Crippen LogP contribution in [0.3, 0.4) is 0 Å². The molecule has 1 rings (SSSR count). The lowest BCUT2D eigenvalue weighted by molar-refractivity contribution is -0.386. The lowest BCUT2D eigenvalue weighted by Gasteiger charge is -2.13. The summed E-state index contributed by atoms with van der Waals surface area (Å²) in [7, 11) is 0. The standard InChI is InChI=1S/C11H11F3N2O5/c1-3-20-8(17)4-7-9(16(18)19)6(2)5-15-10(7)21-11(12,13)14/h5H,3-4H2,1-2H3. The second kappa shape index (κ2) is 6.37. The number of nitro groups is 1. The van der Waals surface area contributed by atoms with Gasteiger partial charge >= 0.3 is 12.3 Å². The molecule has 0 saturated carbocycles. The number of esters is 1. The predicted octanol–water partition coefficient (Wildman–Crippen LogP) is 2.30. The van der Waals surface area contributed by atoms with E-state index in [1.165, 1.54) is 13.8 Å². The normalized spacial score (nSPS) is 11.1. The van der Waals surface area contributed by atoms with Crippen molar-refractivity contribution >= 4 is 11.7 Å². The van der Waals surface area contributed by atoms with Gasteiger partial charge < -0.3 is 9.47 Å². The quantitative estimate of drug-likeness (QED) is 0.471. The van der Waals surface area contributed by atoms with E-state index in [1.807, 2.05) is 0 Å². The van der Waals surface area contributed by atoms with E-state index in [4.69, 9.17) is 0 Å². The van der Waals surface area contributed by atoms with Gasteiger partial charge in [0.2, 0.25) is 5.88 Å². The number of hydrogen-bond donors (Lipinski definition) is 0. The van der Waals surface area contributed by atoms with Crippen LogP contribution in [0.15, 0.2) is 6.20 Å². The lowest BCUT2D eigenvalue weighted by atomic mass is 10.1. The van der Waals surface area contributed by atoms with Crippen LogP contribution >= 0.6 is 0 Å². The molecule has 0 saturated heterocycles. The monoisotopic (exact) mass is 308 g/mol. The summed E-state index contributed by atoms with van der Waals surface area (Å²) >= 11 is 0. The van der Waals surface area contributed by atoms with Crippen molar-refractivity contribution in [1.29, 1.82) is 0 Å². The number of nitrogens with zero attached hydrogens (tertiary/aromatic N) is 2. The molecule has 0 atom stereocenters. The van der Waals surface area contributed by atoms with Gasteiger partial charge in [0.15, 0.2) is 0 Å². The molecule has 0 aromatic carbocycles. The molecule has 0 N–H and O–H groups in total. The summed E-state index contributed by atoms with van der Waals surface area (Å²) in [6, 6.07) is 0. The van der Waals surface area contributed by atoms with Crippen molar-refractivity contribution < 1.29 is 32.4 Å². The maximum absolute atomic E-state index is 12.3. The summed E-state index contributed by atoms with van der Waals surface area (Å²) < 4.78 is 45.1. The summed E-state index contributed by atoms with van der Waals surface area (Å²) in [6.07, 6.45) is -4.96. The van der Waals surface area contributed by atoms with Gasteiger partial charge in [0.25, 0.3) is 5.69 Å². The number of halogens is 3. The molecule has 0 unspecified atom stereocenters. The number of rotatable bonds is 5. The third-order valence-electron chi connectivity index (χ3n) is 2.31. The Balaban J connectivity index is 3.33. The van der Waals surface area contributed by atoms with Crippen LogP contribution in [-0.4, -0.2) is 28.8 Å². The molecular formula is C11H11F3N2O5. The SMILES string of the molecule is CCOC(=O)Cc1c(OC(F)(F)F)ncc(C)c1[N+](=O)[O-]. The summed E-state index contributed by atoms with van der Waals surface area (Å²) in [5, 5.41) is 11.0. The number of aromatic nitrogens is 1. The number of carbonyl (C=O) groups excluding carboxylic acids is 1. The van der Waals surface area contributed by atoms with Crippen molar-refractivity contribution in [3.63, 3.8) is 0 Å². The van der Waals surface area contributed by atoms with Crippen LogP contribution in [0.2, 0.25) is 0 Å². The largest absolute Gasteiger partial charge is 0.574 e. The van der Waals surface area contributed by atoms with Gasteiger partial charge in [-0.2, -0.15) is 0 Å². The van der Waals surface area contributed by atoms with Crippen molar-refractivity contribution in [2.75, 3.05) is 6.61 Å². The Bertz CT molecular complexity index is 560. The second-order valence-corrected chi connectivity index (χ2v) is 3.86. The lowest BCUT2D eigenvalue weighted by Crippen LogP contribution is -2.21. The first-order valence-electron chi connectivity index (χ1n) is 5.70. The Kier molecular flexibility index (Phi) is 5.06. The fourth-order valence-corrected chi connectivity index (χ4v) is 1.60. The topological polar surface area (TPSA) is 91.6 Å². The van der Waals surface area contributed by atoms with Crippen LogP contribution in [0.5, 0.6) is 5.88 Å². The second-order valence-electron chi connectivity index (χ2n) is 3.86. The van der Waals surface area contributed by atoms with Gasteiger partial charge in [-0.3, -0.25) is 14.9 Å². The third-order valence-corrected chi connectivity index (χ3v) is 2.31. The molecule has 0 amide bonds. The molecule has 0 radical (unpaired) electrons. The average Bonchev–Trinajstić information content (AvgIpc) is 2.31. The molecule has 0 fully saturated rings. The van der Waals surface area contributed by atoms with Crippen molar-refractivity contribution in [3.8, 4) is 5.88 Å². The minimum Gasteiger partial charge on any atom is -0.466 e. The molecule has 0 spiro atoms. The van der Waals surface area contributed by atoms with Gasteiger partial charge in [-0.05, 0) is 13.8 Å². The van der Waals surface area contributed by atoms with E-state index in [0.29, 0.717) is 0 Å². The number of pyridine rings is 1. The molecule has 0 bridgehead atoms. The highest BCUT2D eigenvalue weighted by Gasteiger charge is 2.36. The van der Waals surface area contributed by atoms with Gasteiger partial charge in [-0.15, -0.1) is 13.2 Å². The van der Waals surface area contributed by atoms with Crippen molar-refractivity contribution in [2.45, 2.75) is 26.6 Å². The maximum Gasteiger partial charge on any atom is 0.574 e. The number of carbonyl (C=O) groups is 1. The van der Waals surface area contributed by atoms with Crippen molar-refractivity contribution in [2.24, 2.45) is 0 Å². The van der Waals surface area contributed by atoms with E-state index in [-0.39, 0.29) is 12.2 Å². The fraction of sp³-hybridized carbons (Fsp3) is 0.455. The van der Waals surface area contributed by atoms with E-state index in [1.54, 1.807) is 0 Å². The Morgan fingerprint density at radius 2 is 2.10 bits per heavy atom. The van der Waals surface area contributed by atoms with Crippen LogP contribution in [0.4, 0.5) is 18.9 Å². The molecule has 21 heavy (non-hydrogen) atoms. The smallest absolute Gasteiger partial charge is 0.466 e. The molecule has 0 aliphatic rings. The number of ether oxygens (including phenoxy) is 2. The van der Waals surface area contributed by atoms with Crippen LogP contribution in [0.1, 0.15) is 18.1 Å². The molecule has 1 aromatic heterocycles. The zero-order valence-electron chi connectivity index (χ0n) is 11.1. The molecule has 0 aliphatic heterocycles. The first kappa shape index (κ1) is 16.7. The highest BCUT2D eigenvalue weighted by molar-refractivity contribution is 5.75. The summed E-state index contributed by atoms with van der Waals surface area (Å²) in [6.45, 7) is 2.77. The molecule has 1 aromatic rings. The van der Waals surface area contributed by atoms with Gasteiger partial charge in [-0.1, -0.05) is 0 Å². The van der Waals surface area contributed by atoms with Gasteiger partial charge in [-0.25, -0.2) is 4.98 Å². The first-order valence-corrected chi connectivity index (χ1v) is 5.70. The van der Waals surface area contributed by atoms with Crippen LogP contribution in [0.25, 0.3) is 0 Å². The summed E-state index contributed by atoms with van der Waals surface area (Å²) in [4.78, 5) is 24.9. The minimum atomic E-state index is -5.08. The highest BCUT2D eigenvalue weighted by Crippen LogP contribution is 2.33. The fourth-order valence-electron chi connectivity index (χ4n) is 1.60. The van der Waals surface area contributed by atoms with E-state index in [9.17, 15) is 28.1 Å². The van der Waals surface area contributed by atoms with Gasteiger partial charge in [0, 0.05) is 11.8 Å². The average molecular weight is 308 g/mol. The zero-order valence-corrected chi connectivity index (χ0v) is 11.1. The van der Waals surface area contributed by atoms with E-state index in [0.717, 1.165) is 6.20 Å². The maximum atomic E-state index is 12.3. The molecule has 10 heteroatoms. The minimum absolute atomic E-state index is 0.00817. The predicted molar refractivity (Wildman–Crippen MR) is 62.6 cm³/mol. The van der Waals surface area contributed by atoms with E-state index < -0.39 is 40.8 Å². The number of aryl methyl sites for hydroxylation is 1. The van der Waals surface area contributed by atoms with Crippen molar-refractivity contribution in [3.05, 3.63) is 27.4 Å². The molecular weight excluding hydrogens is 297 g/mol. The Morgan fingerprint density at radius 1 is 1.48 bits per heavy atom. The summed E-state index contributed by atoms with van der Waals surface area (Å²) in [5.41, 5.74) is -1.22. The Hall–Kier alpha value is -2.39. The molecule has 7 nitrogen and oxygen atoms in total. The summed E-state index contributed by atoms with van der Waals surface area (Å²) in [5.74, 6) is -1.95. The van der Waals surface area contributed by atoms with E-state index >= 15 is 0 Å². The zero-order chi connectivity index (χ0) is 16.2. The molecule has 1 heterocycles. The number of hydrogen-bond acceptors (Lipinski definition) is 6. The third kappa shape index (κ3) is 4.58. The number of alkyl halides is 3. The van der Waals surface area contributed by atoms with Crippen LogP contribution in [-0.2, 0) is 16.0 Å². The van der Waals surface area contributed by atoms with E-state index in [2.05, 4.69) is 14.5 Å². The van der Waals surface area contributed by atoms with Gasteiger partial charge in [0.1, 0.15) is 5.56 Å². The molecule has 116 valence electrons. The highest BCUT2D eigenvalue weighted by atomic mass is 19.4. The van der Waals surface area contributed by atoms with Gasteiger partial charge in [0.05, 0.1) is 18.0 Å². The Labute approximate surface area is 116 Å². The van der Waals surface area contributed by atoms with Crippen LogP contribution < -0.4 is 4.74 Å². The van der Waals surface area contributed by atoms with Crippen molar-refractivity contribution in [1.82, 2.24) is 4.98 Å².